The topological polar surface area (TPSA) is 113 Å². The Kier molecular flexibility index (Phi) is 5.36. The SMILES string of the molecule is COC(=O)c1cccc(NC(=O)C(C(C)C)N2C(=O)c3ccccc3C2=O)c1O. The molecular weight excluding hydrogens is 376 g/mol. The number of methoxy groups -OCH3 is 1. The molecule has 3 rings (SSSR count). The summed E-state index contributed by atoms with van der Waals surface area (Å²) < 4.78 is 4.60. The number of rotatable bonds is 5. The monoisotopic (exact) mass is 396 g/mol. The first kappa shape index (κ1) is 20.1. The van der Waals surface area contributed by atoms with E-state index in [4.69, 9.17) is 0 Å². The number of ether oxygens (including phenoxy) is 1. The average molecular weight is 396 g/mol. The van der Waals surface area contributed by atoms with E-state index >= 15 is 0 Å². The Balaban J connectivity index is 1.92. The largest absolute Gasteiger partial charge is 0.505 e. The first-order chi connectivity index (χ1) is 13.8. The van der Waals surface area contributed by atoms with Crippen LogP contribution in [0.2, 0.25) is 0 Å². The first-order valence-corrected chi connectivity index (χ1v) is 8.96. The number of nitrogens with one attached hydrogen (secondary N) is 1. The number of aromatic hydroxyl groups is 1. The molecule has 1 unspecified atom stereocenters. The molecule has 0 radical (unpaired) electrons. The second-order valence-corrected chi connectivity index (χ2v) is 6.90. The lowest BCUT2D eigenvalue weighted by Gasteiger charge is -2.28. The number of hydrogen-bond donors (Lipinski definition) is 2. The van der Waals surface area contributed by atoms with Crippen LogP contribution in [-0.4, -0.2) is 46.8 Å². The highest BCUT2D eigenvalue weighted by atomic mass is 16.5. The maximum Gasteiger partial charge on any atom is 0.341 e. The van der Waals surface area contributed by atoms with Gasteiger partial charge in [0.25, 0.3) is 11.8 Å². The normalized spacial score (nSPS) is 14.0. The van der Waals surface area contributed by atoms with Crippen LogP contribution in [-0.2, 0) is 9.53 Å². The molecule has 2 aromatic rings. The zero-order chi connectivity index (χ0) is 21.3. The van der Waals surface area contributed by atoms with E-state index in [1.807, 2.05) is 0 Å². The van der Waals surface area contributed by atoms with Crippen molar-refractivity contribution >= 4 is 29.4 Å². The number of carbonyl (C=O) groups is 4. The van der Waals surface area contributed by atoms with Crippen molar-refractivity contribution in [1.29, 1.82) is 0 Å². The number of anilines is 1. The molecule has 0 bridgehead atoms. The van der Waals surface area contributed by atoms with E-state index in [0.29, 0.717) is 0 Å². The number of carbonyl (C=O) groups excluding carboxylic acids is 4. The maximum absolute atomic E-state index is 13.0. The molecule has 0 aromatic heterocycles. The molecule has 0 saturated carbocycles. The molecule has 1 heterocycles. The quantitative estimate of drug-likeness (QED) is 0.456. The molecule has 2 aromatic carbocycles. The van der Waals surface area contributed by atoms with Gasteiger partial charge in [0.05, 0.1) is 23.9 Å². The summed E-state index contributed by atoms with van der Waals surface area (Å²) in [5.41, 5.74) is 0.338. The van der Waals surface area contributed by atoms with Crippen molar-refractivity contribution < 1.29 is 29.0 Å². The summed E-state index contributed by atoms with van der Waals surface area (Å²) in [6, 6.07) is 9.48. The summed E-state index contributed by atoms with van der Waals surface area (Å²) in [5.74, 6) is -3.38. The summed E-state index contributed by atoms with van der Waals surface area (Å²) in [6.07, 6.45) is 0. The van der Waals surface area contributed by atoms with Crippen LogP contribution in [0.25, 0.3) is 0 Å². The van der Waals surface area contributed by atoms with Gasteiger partial charge in [-0.2, -0.15) is 0 Å². The van der Waals surface area contributed by atoms with E-state index in [-0.39, 0.29) is 22.4 Å². The van der Waals surface area contributed by atoms with Crippen LogP contribution in [0.5, 0.6) is 5.75 Å². The highest BCUT2D eigenvalue weighted by Crippen LogP contribution is 2.31. The molecule has 1 aliphatic rings. The van der Waals surface area contributed by atoms with Gasteiger partial charge in [-0.1, -0.05) is 32.0 Å². The van der Waals surface area contributed by atoms with E-state index in [2.05, 4.69) is 10.1 Å². The molecule has 1 atom stereocenters. The van der Waals surface area contributed by atoms with Gasteiger partial charge in [-0.25, -0.2) is 4.79 Å². The molecule has 8 heteroatoms. The predicted octanol–water partition coefficient (Wildman–Crippen LogP) is 2.44. The molecule has 0 spiro atoms. The third-order valence-corrected chi connectivity index (χ3v) is 4.70. The van der Waals surface area contributed by atoms with E-state index in [1.165, 1.54) is 37.4 Å². The number of nitrogens with zero attached hydrogens (tertiary/aromatic N) is 1. The van der Waals surface area contributed by atoms with Crippen molar-refractivity contribution in [2.75, 3.05) is 12.4 Å². The van der Waals surface area contributed by atoms with Crippen molar-refractivity contribution in [3.8, 4) is 5.75 Å². The molecule has 3 amide bonds. The molecule has 29 heavy (non-hydrogen) atoms. The Labute approximate surface area is 167 Å². The second-order valence-electron chi connectivity index (χ2n) is 6.90. The Bertz CT molecular complexity index is 979. The van der Waals surface area contributed by atoms with Gasteiger partial charge in [-0.05, 0) is 30.2 Å². The number of hydrogen-bond acceptors (Lipinski definition) is 6. The molecular formula is C21H20N2O6. The van der Waals surface area contributed by atoms with Crippen molar-refractivity contribution in [1.82, 2.24) is 4.90 Å². The fraction of sp³-hybridized carbons (Fsp3) is 0.238. The first-order valence-electron chi connectivity index (χ1n) is 8.96. The second kappa shape index (κ2) is 7.75. The fourth-order valence-corrected chi connectivity index (χ4v) is 3.30. The Morgan fingerprint density at radius 2 is 1.59 bits per heavy atom. The van der Waals surface area contributed by atoms with Crippen molar-refractivity contribution in [2.45, 2.75) is 19.9 Å². The standard InChI is InChI=1S/C21H20N2O6/c1-11(2)16(23-19(26)12-7-4-5-8-13(12)20(23)27)18(25)22-15-10-6-9-14(17(15)24)21(28)29-3/h4-11,16,24H,1-3H3,(H,22,25). The molecule has 0 fully saturated rings. The number of esters is 1. The minimum absolute atomic E-state index is 0.0276. The Morgan fingerprint density at radius 1 is 1.00 bits per heavy atom. The maximum atomic E-state index is 13.0. The summed E-state index contributed by atoms with van der Waals surface area (Å²) in [6.45, 7) is 3.41. The lowest BCUT2D eigenvalue weighted by Crippen LogP contribution is -2.50. The zero-order valence-corrected chi connectivity index (χ0v) is 16.1. The predicted molar refractivity (Wildman–Crippen MR) is 104 cm³/mol. The number of imide groups is 1. The van der Waals surface area contributed by atoms with E-state index < -0.39 is 41.4 Å². The van der Waals surface area contributed by atoms with Gasteiger partial charge in [0, 0.05) is 0 Å². The van der Waals surface area contributed by atoms with Gasteiger partial charge in [0.2, 0.25) is 5.91 Å². The van der Waals surface area contributed by atoms with Crippen LogP contribution in [0.15, 0.2) is 42.5 Å². The molecule has 1 aliphatic heterocycles. The van der Waals surface area contributed by atoms with Gasteiger partial charge in [0.15, 0.2) is 5.75 Å². The van der Waals surface area contributed by atoms with Gasteiger partial charge in [0.1, 0.15) is 11.6 Å². The number of benzene rings is 2. The number of fused-ring (bicyclic) bond motifs is 1. The smallest absolute Gasteiger partial charge is 0.341 e. The molecule has 0 aliphatic carbocycles. The summed E-state index contributed by atoms with van der Waals surface area (Å²) in [4.78, 5) is 51.2. The third kappa shape index (κ3) is 3.44. The molecule has 0 saturated heterocycles. The Morgan fingerprint density at radius 3 is 2.10 bits per heavy atom. The minimum Gasteiger partial charge on any atom is -0.505 e. The summed E-state index contributed by atoms with van der Waals surface area (Å²) in [5, 5.41) is 12.8. The lowest BCUT2D eigenvalue weighted by atomic mass is 10.0. The molecule has 150 valence electrons. The van der Waals surface area contributed by atoms with Crippen LogP contribution in [0.4, 0.5) is 5.69 Å². The highest BCUT2D eigenvalue weighted by molar-refractivity contribution is 6.23. The minimum atomic E-state index is -1.11. The van der Waals surface area contributed by atoms with Gasteiger partial charge in [-0.15, -0.1) is 0 Å². The summed E-state index contributed by atoms with van der Waals surface area (Å²) in [7, 11) is 1.17. The van der Waals surface area contributed by atoms with Gasteiger partial charge >= 0.3 is 5.97 Å². The van der Waals surface area contributed by atoms with Gasteiger partial charge < -0.3 is 15.2 Å². The van der Waals surface area contributed by atoms with Crippen molar-refractivity contribution in [2.24, 2.45) is 5.92 Å². The fourth-order valence-electron chi connectivity index (χ4n) is 3.30. The van der Waals surface area contributed by atoms with Crippen LogP contribution in [0.3, 0.4) is 0 Å². The van der Waals surface area contributed by atoms with Crippen LogP contribution >= 0.6 is 0 Å². The van der Waals surface area contributed by atoms with E-state index in [0.717, 1.165) is 4.90 Å². The van der Waals surface area contributed by atoms with Crippen molar-refractivity contribution in [3.05, 3.63) is 59.2 Å². The third-order valence-electron chi connectivity index (χ3n) is 4.70. The van der Waals surface area contributed by atoms with Crippen LogP contribution < -0.4 is 5.32 Å². The number of phenols is 1. The van der Waals surface area contributed by atoms with E-state index in [9.17, 15) is 24.3 Å². The van der Waals surface area contributed by atoms with Crippen molar-refractivity contribution in [3.63, 3.8) is 0 Å². The van der Waals surface area contributed by atoms with Crippen LogP contribution in [0, 0.1) is 5.92 Å². The van der Waals surface area contributed by atoms with Gasteiger partial charge in [-0.3, -0.25) is 19.3 Å². The van der Waals surface area contributed by atoms with Crippen LogP contribution in [0.1, 0.15) is 44.9 Å². The van der Waals surface area contributed by atoms with E-state index in [1.54, 1.807) is 26.0 Å². The molecule has 2 N–H and O–H groups in total. The zero-order valence-electron chi connectivity index (χ0n) is 16.1. The highest BCUT2D eigenvalue weighted by Gasteiger charge is 2.44. The Hall–Kier alpha value is -3.68. The summed E-state index contributed by atoms with van der Waals surface area (Å²) >= 11 is 0. The number of phenolic OH excluding ortho intramolecular Hbond substituents is 1. The lowest BCUT2D eigenvalue weighted by molar-refractivity contribution is -0.121. The number of para-hydroxylation sites is 1. The number of amides is 3. The molecule has 8 nitrogen and oxygen atoms in total. The average Bonchev–Trinajstić information content (AvgIpc) is 2.94.